The fraction of sp³-hybridized carbons (Fsp3) is 0.333. The second-order valence-electron chi connectivity index (χ2n) is 6.31. The molecule has 0 aliphatic rings. The van der Waals surface area contributed by atoms with E-state index >= 15 is 0 Å². The lowest BCUT2D eigenvalue weighted by Gasteiger charge is -2.19. The van der Waals surface area contributed by atoms with Crippen LogP contribution in [0.5, 0.6) is 0 Å². The molecule has 8 nitrogen and oxygen atoms in total. The van der Waals surface area contributed by atoms with E-state index in [-0.39, 0.29) is 26.5 Å². The molecular weight excluding hydrogens is 402 g/mol. The Morgan fingerprint density at radius 2 is 1.86 bits per heavy atom. The first-order valence-corrected chi connectivity index (χ1v) is 10.8. The molecular formula is C18H22ClN5O3S. The van der Waals surface area contributed by atoms with Gasteiger partial charge in [-0.1, -0.05) is 25.4 Å². The van der Waals surface area contributed by atoms with E-state index in [1.54, 1.807) is 4.57 Å². The predicted molar refractivity (Wildman–Crippen MR) is 109 cm³/mol. The monoisotopic (exact) mass is 423 g/mol. The van der Waals surface area contributed by atoms with Gasteiger partial charge in [0.1, 0.15) is 16.2 Å². The number of H-pyrrole nitrogens is 1. The Morgan fingerprint density at radius 1 is 1.21 bits per heavy atom. The van der Waals surface area contributed by atoms with E-state index in [1.165, 1.54) is 30.5 Å². The van der Waals surface area contributed by atoms with Gasteiger partial charge in [-0.2, -0.15) is 5.10 Å². The van der Waals surface area contributed by atoms with Gasteiger partial charge in [0.25, 0.3) is 5.56 Å². The molecule has 0 aliphatic carbocycles. The highest BCUT2D eigenvalue weighted by Crippen LogP contribution is 2.34. The average Bonchev–Trinajstić information content (AvgIpc) is 2.96. The molecule has 0 saturated carbocycles. The Labute approximate surface area is 167 Å². The van der Waals surface area contributed by atoms with Gasteiger partial charge in [0, 0.05) is 23.5 Å². The van der Waals surface area contributed by atoms with Gasteiger partial charge < -0.3 is 15.2 Å². The lowest BCUT2D eigenvalue weighted by Crippen LogP contribution is -2.28. The van der Waals surface area contributed by atoms with Crippen molar-refractivity contribution < 1.29 is 8.42 Å². The zero-order valence-electron chi connectivity index (χ0n) is 15.6. The van der Waals surface area contributed by atoms with Gasteiger partial charge in [-0.15, -0.1) is 0 Å². The number of aromatic nitrogens is 3. The molecule has 3 rings (SSSR count). The van der Waals surface area contributed by atoms with Crippen LogP contribution in [0.15, 0.2) is 45.0 Å². The highest BCUT2D eigenvalue weighted by molar-refractivity contribution is 7.92. The minimum atomic E-state index is -3.97. The molecule has 0 radical (unpaired) electrons. The standard InChI is InChI=1S/C18H22ClN5O3S/c1-3-23(4-2)9-10-24-15-14(11-21-22-18(15)25)16(17(24)20)28(26,27)13-7-5-12(19)6-8-13/h5-8,11H,3-4,9-10,20H2,1-2H3,(H,22,25). The van der Waals surface area contributed by atoms with Crippen molar-refractivity contribution in [3.05, 3.63) is 45.8 Å². The highest BCUT2D eigenvalue weighted by atomic mass is 35.5. The number of nitrogens with zero attached hydrogens (tertiary/aromatic N) is 3. The Morgan fingerprint density at radius 3 is 2.46 bits per heavy atom. The Hall–Kier alpha value is -2.36. The number of likely N-dealkylation sites (N-methyl/N-ethyl adjacent to an activating group) is 1. The van der Waals surface area contributed by atoms with Gasteiger partial charge in [-0.25, -0.2) is 13.5 Å². The summed E-state index contributed by atoms with van der Waals surface area (Å²) in [5.74, 6) is 0.0237. The van der Waals surface area contributed by atoms with E-state index in [9.17, 15) is 13.2 Å². The van der Waals surface area contributed by atoms with Crippen molar-refractivity contribution in [2.45, 2.75) is 30.2 Å². The second-order valence-corrected chi connectivity index (χ2v) is 8.63. The number of nitrogens with one attached hydrogen (secondary N) is 1. The first-order valence-electron chi connectivity index (χ1n) is 8.89. The van der Waals surface area contributed by atoms with Gasteiger partial charge in [0.15, 0.2) is 0 Å². The summed E-state index contributed by atoms with van der Waals surface area (Å²) in [6.07, 6.45) is 1.32. The van der Waals surface area contributed by atoms with Gasteiger partial charge >= 0.3 is 0 Å². The number of hydrogen-bond donors (Lipinski definition) is 2. The minimum absolute atomic E-state index is 0.0237. The number of rotatable bonds is 7. The van der Waals surface area contributed by atoms with Crippen LogP contribution in [0.4, 0.5) is 5.82 Å². The summed E-state index contributed by atoms with van der Waals surface area (Å²) in [5, 5.41) is 6.76. The molecule has 2 heterocycles. The molecule has 10 heteroatoms. The summed E-state index contributed by atoms with van der Waals surface area (Å²) >= 11 is 5.87. The molecule has 0 unspecified atom stereocenters. The molecule has 3 N–H and O–H groups in total. The number of benzene rings is 1. The number of anilines is 1. The average molecular weight is 424 g/mol. The summed E-state index contributed by atoms with van der Waals surface area (Å²) in [6, 6.07) is 5.82. The molecule has 1 aromatic carbocycles. The lowest BCUT2D eigenvalue weighted by molar-refractivity contribution is 0.292. The third-order valence-electron chi connectivity index (χ3n) is 4.79. The number of hydrogen-bond acceptors (Lipinski definition) is 6. The van der Waals surface area contributed by atoms with E-state index in [1.807, 2.05) is 13.8 Å². The fourth-order valence-corrected chi connectivity index (χ4v) is 4.92. The number of fused-ring (bicyclic) bond motifs is 1. The summed E-state index contributed by atoms with van der Waals surface area (Å²) in [4.78, 5) is 14.5. The van der Waals surface area contributed by atoms with Crippen molar-refractivity contribution in [1.82, 2.24) is 19.7 Å². The maximum atomic E-state index is 13.3. The van der Waals surface area contributed by atoms with Crippen LogP contribution >= 0.6 is 11.6 Å². The van der Waals surface area contributed by atoms with E-state index in [0.29, 0.717) is 18.1 Å². The van der Waals surface area contributed by atoms with Crippen LogP contribution in [0.3, 0.4) is 0 Å². The molecule has 0 atom stereocenters. The quantitative estimate of drug-likeness (QED) is 0.601. The minimum Gasteiger partial charge on any atom is -0.384 e. The maximum absolute atomic E-state index is 13.3. The smallest absolute Gasteiger partial charge is 0.288 e. The fourth-order valence-electron chi connectivity index (χ4n) is 3.23. The predicted octanol–water partition coefficient (Wildman–Crippen LogP) is 2.13. The normalized spacial score (nSPS) is 12.1. The molecule has 2 aromatic heterocycles. The summed E-state index contributed by atoms with van der Waals surface area (Å²) in [6.45, 7) is 6.75. The highest BCUT2D eigenvalue weighted by Gasteiger charge is 2.29. The molecule has 0 aliphatic heterocycles. The van der Waals surface area contributed by atoms with Crippen molar-refractivity contribution in [3.63, 3.8) is 0 Å². The Balaban J connectivity index is 2.21. The van der Waals surface area contributed by atoms with Crippen LogP contribution in [-0.4, -0.2) is 47.7 Å². The largest absolute Gasteiger partial charge is 0.384 e. The maximum Gasteiger partial charge on any atom is 0.288 e. The first kappa shape index (κ1) is 20.4. The van der Waals surface area contributed by atoms with Crippen LogP contribution in [0.2, 0.25) is 5.02 Å². The van der Waals surface area contributed by atoms with Gasteiger partial charge in [-0.3, -0.25) is 4.79 Å². The molecule has 0 spiro atoms. The number of aromatic amines is 1. The Kier molecular flexibility index (Phi) is 5.78. The van der Waals surface area contributed by atoms with E-state index in [2.05, 4.69) is 15.1 Å². The van der Waals surface area contributed by atoms with Gasteiger partial charge in [-0.05, 0) is 37.4 Å². The van der Waals surface area contributed by atoms with Crippen LogP contribution in [-0.2, 0) is 16.4 Å². The summed E-state index contributed by atoms with van der Waals surface area (Å²) < 4.78 is 28.1. The van der Waals surface area contributed by atoms with Crippen molar-refractivity contribution >= 4 is 38.2 Å². The summed E-state index contributed by atoms with van der Waals surface area (Å²) in [7, 11) is -3.97. The molecule has 0 amide bonds. The molecule has 0 saturated heterocycles. The number of halogens is 1. The van der Waals surface area contributed by atoms with Crippen molar-refractivity contribution in [2.75, 3.05) is 25.4 Å². The molecule has 150 valence electrons. The summed E-state index contributed by atoms with van der Waals surface area (Å²) in [5.41, 5.74) is 5.98. The van der Waals surface area contributed by atoms with E-state index in [4.69, 9.17) is 17.3 Å². The zero-order chi connectivity index (χ0) is 20.5. The van der Waals surface area contributed by atoms with Crippen molar-refractivity contribution in [1.29, 1.82) is 0 Å². The van der Waals surface area contributed by atoms with E-state index < -0.39 is 15.4 Å². The Bertz CT molecular complexity index is 1150. The van der Waals surface area contributed by atoms with Crippen molar-refractivity contribution in [3.8, 4) is 0 Å². The lowest BCUT2D eigenvalue weighted by atomic mass is 10.3. The SMILES string of the molecule is CCN(CC)CCn1c(N)c(S(=O)(=O)c2ccc(Cl)cc2)c2cn[nH]c(=O)c21. The topological polar surface area (TPSA) is 114 Å². The number of nitrogen functional groups attached to an aromatic ring is 1. The third-order valence-corrected chi connectivity index (χ3v) is 6.91. The van der Waals surface area contributed by atoms with Crippen LogP contribution < -0.4 is 11.3 Å². The van der Waals surface area contributed by atoms with E-state index in [0.717, 1.165) is 13.1 Å². The molecule has 0 fully saturated rings. The zero-order valence-corrected chi connectivity index (χ0v) is 17.2. The molecule has 0 bridgehead atoms. The van der Waals surface area contributed by atoms with Gasteiger partial charge in [0.05, 0.1) is 11.1 Å². The number of sulfone groups is 1. The molecule has 3 aromatic rings. The molecule has 28 heavy (non-hydrogen) atoms. The second kappa shape index (κ2) is 7.94. The third kappa shape index (κ3) is 3.52. The number of nitrogens with two attached hydrogens (primary N) is 1. The van der Waals surface area contributed by atoms with Crippen molar-refractivity contribution in [2.24, 2.45) is 0 Å². The van der Waals surface area contributed by atoms with Crippen LogP contribution in [0.25, 0.3) is 10.9 Å². The van der Waals surface area contributed by atoms with Crippen LogP contribution in [0, 0.1) is 0 Å². The first-order chi connectivity index (χ1) is 13.3. The van der Waals surface area contributed by atoms with Gasteiger partial charge in [0.2, 0.25) is 9.84 Å². The van der Waals surface area contributed by atoms with Crippen LogP contribution in [0.1, 0.15) is 13.8 Å².